The first kappa shape index (κ1) is 8.52. The Bertz CT molecular complexity index is 490. The van der Waals surface area contributed by atoms with E-state index in [1.165, 1.54) is 30.8 Å². The quantitative estimate of drug-likeness (QED) is 0.699. The molecule has 1 saturated carbocycles. The van der Waals surface area contributed by atoms with E-state index in [1.54, 1.807) is 4.68 Å². The van der Waals surface area contributed by atoms with Crippen LogP contribution in [0.2, 0.25) is 0 Å². The molecule has 0 unspecified atom stereocenters. The summed E-state index contributed by atoms with van der Waals surface area (Å²) in [5.41, 5.74) is 1.20. The summed E-state index contributed by atoms with van der Waals surface area (Å²) < 4.78 is 14.4. The molecule has 0 atom stereocenters. The summed E-state index contributed by atoms with van der Waals surface area (Å²) >= 11 is 0. The largest absolute Gasteiger partial charge is 0.222 e. The van der Waals surface area contributed by atoms with Crippen LogP contribution < -0.4 is 0 Å². The number of hydrogen-bond donors (Lipinski definition) is 0. The van der Waals surface area contributed by atoms with Gasteiger partial charge in [-0.05, 0) is 24.3 Å². The van der Waals surface area contributed by atoms with E-state index in [0.29, 0.717) is 11.7 Å². The van der Waals surface area contributed by atoms with Gasteiger partial charge in [0.05, 0.1) is 6.20 Å². The van der Waals surface area contributed by atoms with E-state index in [2.05, 4.69) is 15.1 Å². The van der Waals surface area contributed by atoms with Gasteiger partial charge < -0.3 is 0 Å². The normalized spacial score (nSPS) is 15.5. The Morgan fingerprint density at radius 2 is 2.20 bits per heavy atom. The monoisotopic (exact) mass is 204 g/mol. The second-order valence-corrected chi connectivity index (χ2v) is 3.69. The molecule has 2 heterocycles. The van der Waals surface area contributed by atoms with Crippen molar-refractivity contribution in [1.29, 1.82) is 0 Å². The van der Waals surface area contributed by atoms with Crippen LogP contribution in [0.3, 0.4) is 0 Å². The van der Waals surface area contributed by atoms with Crippen LogP contribution in [0.15, 0.2) is 24.8 Å². The molecular formula is C10H9FN4. The van der Waals surface area contributed by atoms with Crippen molar-refractivity contribution in [3.63, 3.8) is 0 Å². The van der Waals surface area contributed by atoms with Crippen molar-refractivity contribution in [2.24, 2.45) is 0 Å². The van der Waals surface area contributed by atoms with Crippen LogP contribution in [0.5, 0.6) is 0 Å². The Balaban J connectivity index is 1.97. The smallest absolute Gasteiger partial charge is 0.218 e. The molecule has 3 rings (SSSR count). The topological polar surface area (TPSA) is 43.6 Å². The van der Waals surface area contributed by atoms with Crippen LogP contribution in [0.1, 0.15) is 24.3 Å². The highest BCUT2D eigenvalue weighted by molar-refractivity contribution is 5.24. The average Bonchev–Trinajstić information content (AvgIpc) is 2.97. The van der Waals surface area contributed by atoms with Gasteiger partial charge in [-0.25, -0.2) is 14.6 Å². The summed E-state index contributed by atoms with van der Waals surface area (Å²) in [4.78, 5) is 7.35. The van der Waals surface area contributed by atoms with Crippen LogP contribution in [0.4, 0.5) is 4.39 Å². The number of rotatable bonds is 2. The fourth-order valence-corrected chi connectivity index (χ4v) is 1.54. The first-order valence-electron chi connectivity index (χ1n) is 4.85. The van der Waals surface area contributed by atoms with Crippen molar-refractivity contribution in [2.45, 2.75) is 18.8 Å². The lowest BCUT2D eigenvalue weighted by molar-refractivity contribution is 0.575. The molecular weight excluding hydrogens is 195 g/mol. The molecule has 0 spiro atoms. The molecule has 5 heteroatoms. The van der Waals surface area contributed by atoms with Gasteiger partial charge in [0.15, 0.2) is 5.82 Å². The number of nitrogens with zero attached hydrogens (tertiary/aromatic N) is 4. The van der Waals surface area contributed by atoms with Crippen LogP contribution in [-0.4, -0.2) is 19.7 Å². The molecule has 2 aromatic heterocycles. The summed E-state index contributed by atoms with van der Waals surface area (Å²) in [5.74, 6) is 0.573. The molecule has 4 nitrogen and oxygen atoms in total. The first-order chi connectivity index (χ1) is 7.33. The predicted octanol–water partition coefficient (Wildman–Crippen LogP) is 1.68. The molecule has 0 amide bonds. The van der Waals surface area contributed by atoms with E-state index < -0.39 is 5.95 Å². The minimum atomic E-state index is -0.538. The molecule has 15 heavy (non-hydrogen) atoms. The van der Waals surface area contributed by atoms with E-state index in [9.17, 15) is 4.39 Å². The molecule has 76 valence electrons. The van der Waals surface area contributed by atoms with Gasteiger partial charge in [-0.3, -0.25) is 0 Å². The lowest BCUT2D eigenvalue weighted by atomic mass is 10.2. The summed E-state index contributed by atoms with van der Waals surface area (Å²) in [6.07, 6.45) is 7.37. The van der Waals surface area contributed by atoms with Gasteiger partial charge in [0.25, 0.3) is 0 Å². The number of hydrogen-bond acceptors (Lipinski definition) is 3. The Labute approximate surface area is 85.8 Å². The second-order valence-electron chi connectivity index (χ2n) is 3.69. The standard InChI is InChI=1S/C10H9FN4/c11-9-3-10(13-6-12-9)15-5-8(4-14-15)7-1-2-7/h3-7H,1-2H2. The van der Waals surface area contributed by atoms with E-state index in [1.807, 2.05) is 12.4 Å². The van der Waals surface area contributed by atoms with Crippen LogP contribution in [-0.2, 0) is 0 Å². The zero-order valence-electron chi connectivity index (χ0n) is 7.97. The maximum Gasteiger partial charge on any atom is 0.218 e. The summed E-state index contributed by atoms with van der Waals surface area (Å²) in [6.45, 7) is 0. The van der Waals surface area contributed by atoms with Crippen molar-refractivity contribution >= 4 is 0 Å². The second kappa shape index (κ2) is 3.12. The lowest BCUT2D eigenvalue weighted by Crippen LogP contribution is -1.99. The minimum absolute atomic E-state index is 0.467. The van der Waals surface area contributed by atoms with E-state index in [-0.39, 0.29) is 0 Å². The minimum Gasteiger partial charge on any atom is -0.222 e. The van der Waals surface area contributed by atoms with Crippen molar-refractivity contribution < 1.29 is 4.39 Å². The average molecular weight is 204 g/mol. The molecule has 0 saturated heterocycles. The highest BCUT2D eigenvalue weighted by Crippen LogP contribution is 2.39. The number of aromatic nitrogens is 4. The summed E-state index contributed by atoms with van der Waals surface area (Å²) in [5, 5.41) is 4.15. The van der Waals surface area contributed by atoms with E-state index >= 15 is 0 Å². The van der Waals surface area contributed by atoms with Crippen LogP contribution in [0.25, 0.3) is 5.82 Å². The molecule has 1 aliphatic rings. The summed E-state index contributed by atoms with van der Waals surface area (Å²) in [6, 6.07) is 1.27. The fourth-order valence-electron chi connectivity index (χ4n) is 1.54. The van der Waals surface area contributed by atoms with Gasteiger partial charge in [0, 0.05) is 12.3 Å². The molecule has 0 radical (unpaired) electrons. The molecule has 0 N–H and O–H groups in total. The highest BCUT2D eigenvalue weighted by atomic mass is 19.1. The third-order valence-electron chi connectivity index (χ3n) is 2.51. The Morgan fingerprint density at radius 3 is 2.93 bits per heavy atom. The van der Waals surface area contributed by atoms with Crippen LogP contribution >= 0.6 is 0 Å². The van der Waals surface area contributed by atoms with Gasteiger partial charge >= 0.3 is 0 Å². The van der Waals surface area contributed by atoms with Gasteiger partial charge in [0.1, 0.15) is 6.33 Å². The van der Waals surface area contributed by atoms with Gasteiger partial charge in [-0.2, -0.15) is 9.49 Å². The van der Waals surface area contributed by atoms with Crippen LogP contribution in [0, 0.1) is 5.95 Å². The van der Waals surface area contributed by atoms with Crippen molar-refractivity contribution in [3.8, 4) is 5.82 Å². The molecule has 1 fully saturated rings. The maximum absolute atomic E-state index is 12.8. The SMILES string of the molecule is Fc1cc(-n2cc(C3CC3)cn2)ncn1. The zero-order chi connectivity index (χ0) is 10.3. The first-order valence-corrected chi connectivity index (χ1v) is 4.85. The third kappa shape index (κ3) is 1.60. The molecule has 0 aliphatic heterocycles. The van der Waals surface area contributed by atoms with E-state index in [4.69, 9.17) is 0 Å². The van der Waals surface area contributed by atoms with Gasteiger partial charge in [0.2, 0.25) is 5.95 Å². The summed E-state index contributed by atoms with van der Waals surface area (Å²) in [7, 11) is 0. The van der Waals surface area contributed by atoms with Gasteiger partial charge in [-0.15, -0.1) is 0 Å². The highest BCUT2D eigenvalue weighted by Gasteiger charge is 2.24. The Kier molecular flexibility index (Phi) is 1.77. The zero-order valence-corrected chi connectivity index (χ0v) is 7.97. The Hall–Kier alpha value is -1.78. The predicted molar refractivity (Wildman–Crippen MR) is 51.1 cm³/mol. The molecule has 1 aliphatic carbocycles. The van der Waals surface area contributed by atoms with E-state index in [0.717, 1.165) is 0 Å². The molecule has 0 bridgehead atoms. The molecule has 0 aromatic carbocycles. The lowest BCUT2D eigenvalue weighted by Gasteiger charge is -1.97. The number of halogens is 1. The fraction of sp³-hybridized carbons (Fsp3) is 0.300. The Morgan fingerprint density at radius 1 is 1.33 bits per heavy atom. The molecule has 2 aromatic rings. The van der Waals surface area contributed by atoms with Crippen molar-refractivity contribution in [3.05, 3.63) is 36.3 Å². The van der Waals surface area contributed by atoms with Gasteiger partial charge in [-0.1, -0.05) is 0 Å². The van der Waals surface area contributed by atoms with Crippen molar-refractivity contribution in [1.82, 2.24) is 19.7 Å². The third-order valence-corrected chi connectivity index (χ3v) is 2.51. The maximum atomic E-state index is 12.8. The van der Waals surface area contributed by atoms with Crippen molar-refractivity contribution in [2.75, 3.05) is 0 Å².